The highest BCUT2D eigenvalue weighted by Gasteiger charge is 2.33. The van der Waals surface area contributed by atoms with E-state index >= 15 is 0 Å². The lowest BCUT2D eigenvalue weighted by atomic mass is 9.90. The van der Waals surface area contributed by atoms with Crippen molar-refractivity contribution in [3.8, 4) is 5.75 Å². The van der Waals surface area contributed by atoms with Gasteiger partial charge < -0.3 is 4.74 Å². The third kappa shape index (κ3) is 3.49. The van der Waals surface area contributed by atoms with Gasteiger partial charge in [-0.15, -0.1) is 0 Å². The van der Waals surface area contributed by atoms with E-state index in [9.17, 15) is 10.1 Å². The fourth-order valence-electron chi connectivity index (χ4n) is 2.49. The molecule has 1 aromatic rings. The molecule has 0 saturated heterocycles. The topological polar surface area (TPSA) is 52.4 Å². The summed E-state index contributed by atoms with van der Waals surface area (Å²) in [6, 6.07) is 2.92. The zero-order valence-electron chi connectivity index (χ0n) is 10.8. The molecule has 0 heterocycles. The Kier molecular flexibility index (Phi) is 5.36. The number of thiol groups is 1. The van der Waals surface area contributed by atoms with Crippen LogP contribution in [0.1, 0.15) is 25.7 Å². The fourth-order valence-corrected chi connectivity index (χ4v) is 4.29. The van der Waals surface area contributed by atoms with Gasteiger partial charge in [-0.2, -0.15) is 12.6 Å². The van der Waals surface area contributed by atoms with Crippen molar-refractivity contribution in [2.75, 3.05) is 12.4 Å². The smallest absolute Gasteiger partial charge is 0.271 e. The molecule has 0 radical (unpaired) electrons. The zero-order chi connectivity index (χ0) is 14.8. The van der Waals surface area contributed by atoms with Crippen molar-refractivity contribution in [3.63, 3.8) is 0 Å². The number of hydrogen-bond donors (Lipinski definition) is 1. The number of benzene rings is 1. The van der Waals surface area contributed by atoms with Gasteiger partial charge >= 0.3 is 0 Å². The Morgan fingerprint density at radius 1 is 1.30 bits per heavy atom. The molecule has 1 aliphatic rings. The minimum absolute atomic E-state index is 0.0286. The molecule has 0 aromatic heterocycles. The third-order valence-electron chi connectivity index (χ3n) is 3.72. The Hall–Kier alpha value is -0.270. The number of ether oxygens (including phenoxy) is 1. The number of halogens is 2. The van der Waals surface area contributed by atoms with Gasteiger partial charge in [-0.1, -0.05) is 12.8 Å². The molecule has 0 spiro atoms. The van der Waals surface area contributed by atoms with Crippen LogP contribution in [0.15, 0.2) is 21.1 Å². The van der Waals surface area contributed by atoms with E-state index in [0.29, 0.717) is 21.3 Å². The second-order valence-corrected chi connectivity index (χ2v) is 7.17. The second kappa shape index (κ2) is 6.66. The van der Waals surface area contributed by atoms with Crippen LogP contribution in [0.2, 0.25) is 0 Å². The maximum absolute atomic E-state index is 10.8. The quantitative estimate of drug-likeness (QED) is 0.411. The molecule has 0 amide bonds. The average Bonchev–Trinajstić information content (AvgIpc) is 2.87. The Balaban J connectivity index is 2.15. The molecule has 1 aliphatic carbocycles. The largest absolute Gasteiger partial charge is 0.491 e. The molecule has 20 heavy (non-hydrogen) atoms. The monoisotopic (exact) mass is 423 g/mol. The van der Waals surface area contributed by atoms with E-state index in [0.717, 1.165) is 18.6 Å². The number of nitrogens with zero attached hydrogens (tertiary/aromatic N) is 1. The van der Waals surface area contributed by atoms with Crippen molar-refractivity contribution in [1.82, 2.24) is 0 Å². The van der Waals surface area contributed by atoms with E-state index in [1.165, 1.54) is 25.0 Å². The van der Waals surface area contributed by atoms with Crippen LogP contribution >= 0.6 is 44.5 Å². The number of non-ortho nitro benzene ring substituents is 1. The molecule has 1 aromatic carbocycles. The lowest BCUT2D eigenvalue weighted by Gasteiger charge is -2.27. The van der Waals surface area contributed by atoms with Crippen LogP contribution in [0, 0.1) is 15.5 Å². The molecule has 2 rings (SSSR count). The van der Waals surface area contributed by atoms with Gasteiger partial charge in [0.2, 0.25) is 0 Å². The summed E-state index contributed by atoms with van der Waals surface area (Å²) in [4.78, 5) is 10.4. The van der Waals surface area contributed by atoms with Crippen LogP contribution in [0.5, 0.6) is 5.75 Å². The number of rotatable bonds is 5. The molecular weight excluding hydrogens is 410 g/mol. The van der Waals surface area contributed by atoms with Crippen LogP contribution in [0.3, 0.4) is 0 Å². The van der Waals surface area contributed by atoms with Crippen molar-refractivity contribution < 1.29 is 9.66 Å². The summed E-state index contributed by atoms with van der Waals surface area (Å²) in [5.74, 6) is 1.42. The SMILES string of the molecule is O=[N+]([O-])c1cc(Br)c(OCC2(CS)CCCC2)c(Br)c1. The van der Waals surface area contributed by atoms with Gasteiger partial charge in [-0.25, -0.2) is 0 Å². The number of nitro groups is 1. The number of nitro benzene ring substituents is 1. The van der Waals surface area contributed by atoms with E-state index < -0.39 is 4.92 Å². The Bertz CT molecular complexity index is 495. The van der Waals surface area contributed by atoms with Crippen LogP contribution in [-0.4, -0.2) is 17.3 Å². The Morgan fingerprint density at radius 3 is 2.30 bits per heavy atom. The maximum Gasteiger partial charge on any atom is 0.271 e. The summed E-state index contributed by atoms with van der Waals surface area (Å²) < 4.78 is 7.09. The van der Waals surface area contributed by atoms with Gasteiger partial charge in [0.1, 0.15) is 5.75 Å². The van der Waals surface area contributed by atoms with Crippen LogP contribution in [0.25, 0.3) is 0 Å². The van der Waals surface area contributed by atoms with E-state index in [4.69, 9.17) is 4.74 Å². The summed E-state index contributed by atoms with van der Waals surface area (Å²) in [6.45, 7) is 0.589. The van der Waals surface area contributed by atoms with E-state index in [1.807, 2.05) is 0 Å². The zero-order valence-corrected chi connectivity index (χ0v) is 14.8. The predicted molar refractivity (Wildman–Crippen MR) is 88.7 cm³/mol. The molecule has 4 nitrogen and oxygen atoms in total. The first-order valence-electron chi connectivity index (χ1n) is 6.34. The molecule has 1 saturated carbocycles. The molecule has 0 N–H and O–H groups in total. The predicted octanol–water partition coefficient (Wildman–Crippen LogP) is 4.99. The highest BCUT2D eigenvalue weighted by molar-refractivity contribution is 9.11. The highest BCUT2D eigenvalue weighted by atomic mass is 79.9. The summed E-state index contributed by atoms with van der Waals surface area (Å²) >= 11 is 11.1. The lowest BCUT2D eigenvalue weighted by molar-refractivity contribution is -0.385. The van der Waals surface area contributed by atoms with Gasteiger partial charge in [0.15, 0.2) is 0 Å². The first-order valence-corrected chi connectivity index (χ1v) is 8.56. The normalized spacial score (nSPS) is 17.1. The van der Waals surface area contributed by atoms with Gasteiger partial charge in [0.25, 0.3) is 5.69 Å². The summed E-state index contributed by atoms with van der Waals surface area (Å²) in [6.07, 6.45) is 4.68. The summed E-state index contributed by atoms with van der Waals surface area (Å²) in [5, 5.41) is 10.8. The van der Waals surface area contributed by atoms with E-state index in [2.05, 4.69) is 44.5 Å². The molecule has 0 aliphatic heterocycles. The second-order valence-electron chi connectivity index (χ2n) is 5.15. The van der Waals surface area contributed by atoms with Gasteiger partial charge in [-0.05, 0) is 50.5 Å². The van der Waals surface area contributed by atoms with Crippen LogP contribution in [0.4, 0.5) is 5.69 Å². The van der Waals surface area contributed by atoms with Gasteiger partial charge in [-0.3, -0.25) is 10.1 Å². The first-order chi connectivity index (χ1) is 9.47. The minimum atomic E-state index is -0.425. The lowest BCUT2D eigenvalue weighted by Crippen LogP contribution is -2.27. The standard InChI is InChI=1S/C13H15Br2NO3S/c14-10-5-9(16(17)18)6-11(15)12(10)19-7-13(8-20)3-1-2-4-13/h5-6,20H,1-4,7-8H2. The molecule has 7 heteroatoms. The molecule has 1 fully saturated rings. The van der Waals surface area contributed by atoms with Crippen molar-refractivity contribution in [3.05, 3.63) is 31.2 Å². The summed E-state index contributed by atoms with van der Waals surface area (Å²) in [5.41, 5.74) is 0.157. The average molecular weight is 425 g/mol. The molecule has 110 valence electrons. The van der Waals surface area contributed by atoms with E-state index in [1.54, 1.807) is 0 Å². The fraction of sp³-hybridized carbons (Fsp3) is 0.538. The molecule has 0 bridgehead atoms. The van der Waals surface area contributed by atoms with Gasteiger partial charge in [0.05, 0.1) is 20.5 Å². The van der Waals surface area contributed by atoms with Crippen LogP contribution < -0.4 is 4.74 Å². The van der Waals surface area contributed by atoms with Crippen LogP contribution in [-0.2, 0) is 0 Å². The molecule has 0 unspecified atom stereocenters. The van der Waals surface area contributed by atoms with Crippen molar-refractivity contribution in [2.24, 2.45) is 5.41 Å². The van der Waals surface area contributed by atoms with E-state index in [-0.39, 0.29) is 11.1 Å². The van der Waals surface area contributed by atoms with Crippen molar-refractivity contribution in [2.45, 2.75) is 25.7 Å². The Labute approximate surface area is 140 Å². The maximum atomic E-state index is 10.8. The minimum Gasteiger partial charge on any atom is -0.491 e. The van der Waals surface area contributed by atoms with Crippen molar-refractivity contribution >= 4 is 50.2 Å². The third-order valence-corrected chi connectivity index (χ3v) is 5.57. The summed E-state index contributed by atoms with van der Waals surface area (Å²) in [7, 11) is 0. The molecule has 0 atom stereocenters. The van der Waals surface area contributed by atoms with Gasteiger partial charge in [0, 0.05) is 17.5 Å². The highest BCUT2D eigenvalue weighted by Crippen LogP contribution is 2.42. The van der Waals surface area contributed by atoms with Crippen molar-refractivity contribution in [1.29, 1.82) is 0 Å². The molecular formula is C13H15Br2NO3S. The number of hydrogen-bond acceptors (Lipinski definition) is 4. The first kappa shape index (κ1) is 16.1. The Morgan fingerprint density at radius 2 is 1.85 bits per heavy atom.